The van der Waals surface area contributed by atoms with Gasteiger partial charge in [0, 0.05) is 24.6 Å². The van der Waals surface area contributed by atoms with Gasteiger partial charge in [0.2, 0.25) is 12.1 Å². The van der Waals surface area contributed by atoms with Crippen molar-refractivity contribution < 1.29 is 73.9 Å². The summed E-state index contributed by atoms with van der Waals surface area (Å²) in [5, 5.41) is 73.5. The number of carbonyl (C=O) groups excluding carboxylic acids is 1. The number of ether oxygens (including phenoxy) is 5. The Morgan fingerprint density at radius 3 is 2.54 bits per heavy atom. The molecule has 0 aliphatic carbocycles. The van der Waals surface area contributed by atoms with E-state index in [1.165, 1.54) is 19.4 Å². The second-order valence-electron chi connectivity index (χ2n) is 12.0. The molecule has 8 unspecified atom stereocenters. The van der Waals surface area contributed by atoms with Gasteiger partial charge in [-0.15, -0.1) is 6.58 Å². The lowest BCUT2D eigenvalue weighted by Gasteiger charge is -2.48. The van der Waals surface area contributed by atoms with Crippen LogP contribution in [-0.4, -0.2) is 143 Å². The third-order valence-corrected chi connectivity index (χ3v) is 8.12. The molecule has 1 saturated heterocycles. The van der Waals surface area contributed by atoms with E-state index in [1.54, 1.807) is 26.0 Å². The van der Waals surface area contributed by atoms with Crippen molar-refractivity contribution in [2.24, 2.45) is 22.6 Å². The summed E-state index contributed by atoms with van der Waals surface area (Å²) >= 11 is 0. The molecule has 18 heteroatoms. The largest absolute Gasteiger partial charge is 0.477 e. The maximum absolute atomic E-state index is 12.9. The van der Waals surface area contributed by atoms with E-state index in [0.717, 1.165) is 6.26 Å². The number of carbonyl (C=O) groups is 2. The molecule has 0 amide bonds. The number of guanidine groups is 1. The van der Waals surface area contributed by atoms with Gasteiger partial charge in [0.05, 0.1) is 49.9 Å². The van der Waals surface area contributed by atoms with E-state index in [9.17, 15) is 40.2 Å². The quantitative estimate of drug-likeness (QED) is 0.0184. The van der Waals surface area contributed by atoms with E-state index in [1.807, 2.05) is 0 Å². The highest BCUT2D eigenvalue weighted by atomic mass is 16.8. The van der Waals surface area contributed by atoms with Crippen molar-refractivity contribution in [2.45, 2.75) is 63.1 Å². The van der Waals surface area contributed by atoms with Crippen molar-refractivity contribution in [3.8, 4) is 0 Å². The van der Waals surface area contributed by atoms with Crippen LogP contribution in [0.4, 0.5) is 0 Å². The molecule has 3 rings (SSSR count). The van der Waals surface area contributed by atoms with Gasteiger partial charge in [-0.2, -0.15) is 0 Å². The molecule has 18 nitrogen and oxygen atoms in total. The normalized spacial score (nSPS) is 30.1. The van der Waals surface area contributed by atoms with E-state index >= 15 is 0 Å². The average Bonchev–Trinajstić information content (AvgIpc) is 3.07. The van der Waals surface area contributed by atoms with Crippen LogP contribution in [0.2, 0.25) is 0 Å². The van der Waals surface area contributed by atoms with E-state index in [-0.39, 0.29) is 55.7 Å². The second-order valence-corrected chi connectivity index (χ2v) is 12.0. The monoisotopic (exact) mass is 713 g/mol. The zero-order valence-electron chi connectivity index (χ0n) is 28.2. The minimum Gasteiger partial charge on any atom is -0.477 e. The van der Waals surface area contributed by atoms with Crippen LogP contribution in [0.15, 0.2) is 64.7 Å². The summed E-state index contributed by atoms with van der Waals surface area (Å²) in [6.07, 6.45) is -1.19. The number of hydrogen-bond donors (Lipinski definition) is 10. The Balaban J connectivity index is 2.07. The van der Waals surface area contributed by atoms with Gasteiger partial charge in [-0.3, -0.25) is 4.99 Å². The van der Waals surface area contributed by atoms with Crippen molar-refractivity contribution in [1.29, 1.82) is 0 Å². The Labute approximate surface area is 289 Å². The number of carboxylic acids is 1. The number of aliphatic hydroxyl groups is 6. The minimum absolute atomic E-state index is 0.0277. The van der Waals surface area contributed by atoms with Crippen LogP contribution in [0.3, 0.4) is 0 Å². The van der Waals surface area contributed by atoms with Gasteiger partial charge in [0.25, 0.3) is 0 Å². The van der Waals surface area contributed by atoms with Gasteiger partial charge in [0.15, 0.2) is 18.4 Å². The number of allylic oxidation sites excluding steroid dienone is 1. The van der Waals surface area contributed by atoms with Crippen LogP contribution in [0.1, 0.15) is 20.3 Å². The fourth-order valence-corrected chi connectivity index (χ4v) is 5.65. The number of nitrogens with one attached hydrogen (secondary N) is 2. The van der Waals surface area contributed by atoms with Crippen LogP contribution < -0.4 is 16.0 Å². The highest BCUT2D eigenvalue weighted by Gasteiger charge is 2.57. The second kappa shape index (κ2) is 18.5. The summed E-state index contributed by atoms with van der Waals surface area (Å²) in [5.41, 5.74) is 6.45. The summed E-state index contributed by atoms with van der Waals surface area (Å²) in [4.78, 5) is 30.0. The first-order valence-electron chi connectivity index (χ1n) is 16.0. The number of nitrogens with zero attached hydrogens (tertiary/aromatic N) is 1. The average molecular weight is 714 g/mol. The molecule has 3 aliphatic rings. The van der Waals surface area contributed by atoms with Crippen molar-refractivity contribution in [1.82, 2.24) is 5.32 Å². The predicted octanol–water partition coefficient (Wildman–Crippen LogP) is -3.66. The molecule has 11 N–H and O–H groups in total. The molecule has 0 aromatic heterocycles. The lowest BCUT2D eigenvalue weighted by molar-refractivity contribution is -0.843. The number of methoxy groups -OCH3 is 1. The molecule has 1 fully saturated rings. The summed E-state index contributed by atoms with van der Waals surface area (Å²) in [5.74, 6) is -6.86. The summed E-state index contributed by atoms with van der Waals surface area (Å²) < 4.78 is 28.2. The van der Waals surface area contributed by atoms with Gasteiger partial charge < -0.3 is 75.4 Å². The minimum atomic E-state index is -2.91. The van der Waals surface area contributed by atoms with Gasteiger partial charge in [0.1, 0.15) is 37.1 Å². The Hall–Kier alpha value is -3.69. The van der Waals surface area contributed by atoms with Crippen molar-refractivity contribution >= 4 is 17.9 Å². The third-order valence-electron chi connectivity index (χ3n) is 8.12. The molecule has 0 spiro atoms. The molecule has 0 aromatic carbocycles. The highest BCUT2D eigenvalue weighted by molar-refractivity contribution is 5.94. The molecular weight excluding hydrogens is 664 g/mol. The Bertz CT molecular complexity index is 1360. The van der Waals surface area contributed by atoms with Crippen LogP contribution in [0.5, 0.6) is 0 Å². The number of quaternary nitrogens is 1. The molecule has 8 atom stereocenters. The molecule has 280 valence electrons. The van der Waals surface area contributed by atoms with Crippen LogP contribution in [0.25, 0.3) is 0 Å². The molecular formula is C32H49N4O14+. The lowest BCUT2D eigenvalue weighted by Crippen LogP contribution is -3.09. The fraction of sp³-hybridized carbons (Fsp3) is 0.594. The van der Waals surface area contributed by atoms with Crippen molar-refractivity contribution in [2.75, 3.05) is 46.6 Å². The molecule has 0 bridgehead atoms. The number of esters is 1. The molecule has 0 saturated carbocycles. The first kappa shape index (κ1) is 40.7. The lowest BCUT2D eigenvalue weighted by atomic mass is 9.83. The highest BCUT2D eigenvalue weighted by Crippen LogP contribution is 2.38. The van der Waals surface area contributed by atoms with E-state index < -0.39 is 73.2 Å². The Morgan fingerprint density at radius 1 is 1.24 bits per heavy atom. The molecule has 0 radical (unpaired) electrons. The number of aliphatic imine (C=N–C) groups is 1. The van der Waals surface area contributed by atoms with Gasteiger partial charge in [-0.1, -0.05) is 18.2 Å². The number of carboxylic acid groups (broad SMARTS) is 1. The van der Waals surface area contributed by atoms with Crippen LogP contribution >= 0.6 is 0 Å². The zero-order chi connectivity index (χ0) is 37.2. The van der Waals surface area contributed by atoms with E-state index in [4.69, 9.17) is 34.5 Å². The van der Waals surface area contributed by atoms with Gasteiger partial charge in [-0.05, 0) is 20.3 Å². The molecule has 3 heterocycles. The van der Waals surface area contributed by atoms with E-state index in [2.05, 4.69) is 16.9 Å². The predicted molar refractivity (Wildman–Crippen MR) is 173 cm³/mol. The standard InChI is InChI=1S/C32H48N4O14/c1-5-19-20(8-7-18-13-36(10-12-38)14-21(27(41)42)24(18)35-31(33)34-9-6-11-37)22(28(43)46-4)16-47-29(19)50-30-26(48-17(2)3)32(44,45)25(40)23(15-39)49-30/h5,7-8,14,16-17,19-20,23,25-26,29-30,37-40,44-45H,1,6,9-13,15H2,2-4H3,(H,41,42)(H3,33,34,35)/p+1. The van der Waals surface area contributed by atoms with Crippen LogP contribution in [-0.2, 0) is 33.3 Å². The number of aliphatic carboxylic acids is 1. The summed E-state index contributed by atoms with van der Waals surface area (Å²) in [7, 11) is 1.17. The first-order valence-corrected chi connectivity index (χ1v) is 16.0. The number of rotatable bonds is 16. The number of nitrogens with two attached hydrogens (primary N) is 1. The molecule has 50 heavy (non-hydrogen) atoms. The topological polar surface area (TPSA) is 277 Å². The Kier molecular flexibility index (Phi) is 15.1. The molecule has 0 aromatic rings. The fourth-order valence-electron chi connectivity index (χ4n) is 5.65. The summed E-state index contributed by atoms with van der Waals surface area (Å²) in [6, 6.07) is 0. The van der Waals surface area contributed by atoms with E-state index in [0.29, 0.717) is 16.9 Å². The van der Waals surface area contributed by atoms with Crippen molar-refractivity contribution in [3.63, 3.8) is 0 Å². The van der Waals surface area contributed by atoms with Crippen molar-refractivity contribution in [3.05, 3.63) is 59.7 Å². The SMILES string of the molecule is C=CC1C(OC2OC(CO)C(O)C(O)(O)C2OC(C)C)OC=C(C(=O)OC)C1C=CC1=C(NC(N)=NCCCO)C(C(=O)O)=C[NH+](CCO)C1. The molecule has 3 aliphatic heterocycles. The number of hydrogen-bond acceptors (Lipinski definition) is 14. The first-order chi connectivity index (χ1) is 23.7. The smallest absolute Gasteiger partial charge is 0.343 e. The summed E-state index contributed by atoms with van der Waals surface area (Å²) in [6.45, 7) is 6.49. The van der Waals surface area contributed by atoms with Gasteiger partial charge in [-0.25, -0.2) is 9.59 Å². The van der Waals surface area contributed by atoms with Crippen LogP contribution in [0, 0.1) is 11.8 Å². The Morgan fingerprint density at radius 2 is 1.96 bits per heavy atom. The third kappa shape index (κ3) is 9.75. The zero-order valence-corrected chi connectivity index (χ0v) is 28.2. The van der Waals surface area contributed by atoms with Gasteiger partial charge >= 0.3 is 11.9 Å². The number of aliphatic hydroxyl groups excluding tert-OH is 4. The maximum Gasteiger partial charge on any atom is 0.343 e. The maximum atomic E-state index is 12.9.